The molecule has 1 aliphatic carbocycles. The molecule has 0 unspecified atom stereocenters. The molecule has 2 aromatic heterocycles. The van der Waals surface area contributed by atoms with Crippen LogP contribution in [0.3, 0.4) is 0 Å². The normalized spacial score (nSPS) is 13.4. The first kappa shape index (κ1) is 22.0. The van der Waals surface area contributed by atoms with Crippen molar-refractivity contribution in [1.29, 1.82) is 0 Å². The van der Waals surface area contributed by atoms with Gasteiger partial charge in [-0.2, -0.15) is 0 Å². The van der Waals surface area contributed by atoms with Crippen LogP contribution in [-0.2, 0) is 28.9 Å². The minimum Gasteiger partial charge on any atom is -0.383 e. The van der Waals surface area contributed by atoms with Crippen molar-refractivity contribution >= 4 is 44.9 Å². The maximum Gasteiger partial charge on any atom is 0.263 e. The van der Waals surface area contributed by atoms with E-state index in [-0.39, 0.29) is 17.2 Å². The van der Waals surface area contributed by atoms with Crippen LogP contribution in [0, 0.1) is 0 Å². The van der Waals surface area contributed by atoms with E-state index in [0.717, 1.165) is 35.2 Å². The number of aromatic nitrogens is 2. The second-order valence-electron chi connectivity index (χ2n) is 7.50. The molecular formula is C23H27N3O3S2. The number of methoxy groups -OCH3 is 1. The molecule has 0 saturated heterocycles. The molecule has 8 heteroatoms. The summed E-state index contributed by atoms with van der Waals surface area (Å²) in [5, 5.41) is 1.36. The fraction of sp³-hybridized carbons (Fsp3) is 0.435. The Kier molecular flexibility index (Phi) is 7.09. The highest BCUT2D eigenvalue weighted by atomic mass is 32.2. The van der Waals surface area contributed by atoms with Gasteiger partial charge >= 0.3 is 0 Å². The van der Waals surface area contributed by atoms with Gasteiger partial charge in [-0.05, 0) is 50.3 Å². The number of benzene rings is 1. The van der Waals surface area contributed by atoms with Gasteiger partial charge in [-0.3, -0.25) is 14.2 Å². The Morgan fingerprint density at radius 2 is 2.03 bits per heavy atom. The topological polar surface area (TPSA) is 64.4 Å². The van der Waals surface area contributed by atoms with E-state index >= 15 is 0 Å². The number of hydrogen-bond donors (Lipinski definition) is 0. The zero-order valence-electron chi connectivity index (χ0n) is 17.9. The lowest BCUT2D eigenvalue weighted by Crippen LogP contribution is -2.32. The number of rotatable bonds is 8. The van der Waals surface area contributed by atoms with Crippen molar-refractivity contribution in [2.75, 3.05) is 30.9 Å². The van der Waals surface area contributed by atoms with E-state index in [9.17, 15) is 9.59 Å². The van der Waals surface area contributed by atoms with Crippen molar-refractivity contribution in [3.63, 3.8) is 0 Å². The minimum absolute atomic E-state index is 0.00295. The number of fused-ring (bicyclic) bond motifs is 3. The Bertz CT molecular complexity index is 1120. The third-order valence-corrected chi connectivity index (χ3v) is 7.72. The molecule has 3 aromatic rings. The first-order valence-electron chi connectivity index (χ1n) is 10.7. The first-order valence-corrected chi connectivity index (χ1v) is 12.5. The highest BCUT2D eigenvalue weighted by molar-refractivity contribution is 7.99. The summed E-state index contributed by atoms with van der Waals surface area (Å²) in [5.74, 6) is 0.218. The lowest BCUT2D eigenvalue weighted by molar-refractivity contribution is -0.116. The van der Waals surface area contributed by atoms with Crippen molar-refractivity contribution in [2.45, 2.75) is 44.3 Å². The van der Waals surface area contributed by atoms with Crippen molar-refractivity contribution in [3.05, 3.63) is 51.1 Å². The Hall–Kier alpha value is -2.16. The molecule has 0 N–H and O–H groups in total. The van der Waals surface area contributed by atoms with E-state index < -0.39 is 0 Å². The van der Waals surface area contributed by atoms with Crippen LogP contribution in [0.2, 0.25) is 0 Å². The first-order chi connectivity index (χ1) is 15.1. The van der Waals surface area contributed by atoms with E-state index in [1.165, 1.54) is 28.6 Å². The highest BCUT2D eigenvalue weighted by Crippen LogP contribution is 2.34. The molecule has 0 radical (unpaired) electrons. The molecule has 2 heterocycles. The summed E-state index contributed by atoms with van der Waals surface area (Å²) in [6, 6.07) is 9.65. The van der Waals surface area contributed by atoms with Crippen molar-refractivity contribution in [1.82, 2.24) is 9.55 Å². The average Bonchev–Trinajstić information content (AvgIpc) is 3.17. The zero-order valence-corrected chi connectivity index (χ0v) is 19.6. The number of carbonyl (C=O) groups is 1. The van der Waals surface area contributed by atoms with Crippen LogP contribution in [0.5, 0.6) is 0 Å². The number of thiophene rings is 1. The largest absolute Gasteiger partial charge is 0.383 e. The molecule has 6 nitrogen and oxygen atoms in total. The van der Waals surface area contributed by atoms with Gasteiger partial charge in [-0.25, -0.2) is 4.98 Å². The van der Waals surface area contributed by atoms with E-state index in [4.69, 9.17) is 9.72 Å². The van der Waals surface area contributed by atoms with Crippen LogP contribution in [0.15, 0.2) is 40.3 Å². The predicted molar refractivity (Wildman–Crippen MR) is 128 cm³/mol. The maximum absolute atomic E-state index is 13.4. The third-order valence-electron chi connectivity index (χ3n) is 5.57. The number of carbonyl (C=O) groups excluding carboxylic acids is 1. The number of thioether (sulfide) groups is 1. The highest BCUT2D eigenvalue weighted by Gasteiger charge is 2.23. The Labute approximate surface area is 190 Å². The summed E-state index contributed by atoms with van der Waals surface area (Å²) in [6.45, 7) is 3.40. The smallest absolute Gasteiger partial charge is 0.263 e. The van der Waals surface area contributed by atoms with E-state index in [1.54, 1.807) is 27.9 Å². The quantitative estimate of drug-likeness (QED) is 0.376. The van der Waals surface area contributed by atoms with E-state index in [1.807, 2.05) is 37.3 Å². The van der Waals surface area contributed by atoms with Gasteiger partial charge in [0.05, 0.1) is 24.3 Å². The third kappa shape index (κ3) is 4.56. The SMILES string of the molecule is CCN(C(=O)CSc1nc2sc3c(c2c(=O)n1CCOC)CCCC3)c1ccccc1. The lowest BCUT2D eigenvalue weighted by Gasteiger charge is -2.21. The van der Waals surface area contributed by atoms with Crippen LogP contribution in [0.1, 0.15) is 30.2 Å². The van der Waals surface area contributed by atoms with Gasteiger partial charge < -0.3 is 9.64 Å². The van der Waals surface area contributed by atoms with Gasteiger partial charge in [-0.15, -0.1) is 11.3 Å². The summed E-state index contributed by atoms with van der Waals surface area (Å²) < 4.78 is 6.92. The molecule has 31 heavy (non-hydrogen) atoms. The van der Waals surface area contributed by atoms with Gasteiger partial charge in [0.15, 0.2) is 5.16 Å². The maximum atomic E-state index is 13.4. The van der Waals surface area contributed by atoms with Gasteiger partial charge in [0.25, 0.3) is 5.56 Å². The molecule has 0 aliphatic heterocycles. The van der Waals surface area contributed by atoms with Gasteiger partial charge in [0.1, 0.15) is 4.83 Å². The standard InChI is InChI=1S/C23H27N3O3S2/c1-3-25(16-9-5-4-6-10-16)19(27)15-30-23-24-21-20(22(28)26(23)13-14-29-2)17-11-7-8-12-18(17)31-21/h4-6,9-10H,3,7-8,11-15H2,1-2H3. The summed E-state index contributed by atoms with van der Waals surface area (Å²) in [6.07, 6.45) is 4.26. The van der Waals surface area contributed by atoms with Crippen LogP contribution in [0.4, 0.5) is 5.69 Å². The molecule has 4 rings (SSSR count). The number of aryl methyl sites for hydroxylation is 2. The Balaban J connectivity index is 1.64. The summed E-state index contributed by atoms with van der Waals surface area (Å²) in [5.41, 5.74) is 2.05. The zero-order chi connectivity index (χ0) is 21.8. The van der Waals surface area contributed by atoms with Crippen molar-refractivity contribution in [2.24, 2.45) is 0 Å². The molecule has 1 aliphatic rings. The van der Waals surface area contributed by atoms with E-state index in [0.29, 0.717) is 24.9 Å². The number of anilines is 1. The number of ether oxygens (including phenoxy) is 1. The molecule has 164 valence electrons. The van der Waals surface area contributed by atoms with E-state index in [2.05, 4.69) is 0 Å². The Morgan fingerprint density at radius 1 is 1.26 bits per heavy atom. The Morgan fingerprint density at radius 3 is 2.77 bits per heavy atom. The number of hydrogen-bond acceptors (Lipinski definition) is 6. The predicted octanol–water partition coefficient (Wildman–Crippen LogP) is 4.13. The fourth-order valence-corrected chi connectivity index (χ4v) is 6.23. The number of nitrogens with zero attached hydrogens (tertiary/aromatic N) is 3. The minimum atomic E-state index is -0.00759. The number of amides is 1. The molecule has 0 bridgehead atoms. The van der Waals surface area contributed by atoms with Crippen LogP contribution in [-0.4, -0.2) is 41.5 Å². The van der Waals surface area contributed by atoms with Gasteiger partial charge in [0.2, 0.25) is 5.91 Å². The molecule has 1 amide bonds. The monoisotopic (exact) mass is 457 g/mol. The second-order valence-corrected chi connectivity index (χ2v) is 9.52. The second kappa shape index (κ2) is 9.97. The number of para-hydroxylation sites is 1. The average molecular weight is 458 g/mol. The van der Waals surface area contributed by atoms with Crippen LogP contribution >= 0.6 is 23.1 Å². The molecule has 0 spiro atoms. The molecule has 1 aromatic carbocycles. The molecular weight excluding hydrogens is 430 g/mol. The summed E-state index contributed by atoms with van der Waals surface area (Å²) in [4.78, 5) is 35.1. The molecule has 0 saturated carbocycles. The van der Waals surface area contributed by atoms with Crippen LogP contribution < -0.4 is 10.5 Å². The summed E-state index contributed by atoms with van der Waals surface area (Å²) >= 11 is 2.97. The van der Waals surface area contributed by atoms with Crippen molar-refractivity contribution in [3.8, 4) is 0 Å². The van der Waals surface area contributed by atoms with Crippen molar-refractivity contribution < 1.29 is 9.53 Å². The fourth-order valence-electron chi connectivity index (χ4n) is 4.02. The molecule has 0 fully saturated rings. The van der Waals surface area contributed by atoms with Gasteiger partial charge in [-0.1, -0.05) is 30.0 Å². The lowest BCUT2D eigenvalue weighted by atomic mass is 9.97. The molecule has 0 atom stereocenters. The summed E-state index contributed by atoms with van der Waals surface area (Å²) in [7, 11) is 1.62. The van der Waals surface area contributed by atoms with Crippen LogP contribution in [0.25, 0.3) is 10.2 Å². The van der Waals surface area contributed by atoms with Gasteiger partial charge in [0, 0.05) is 24.2 Å².